The first kappa shape index (κ1) is 34.4. The van der Waals surface area contributed by atoms with Crippen LogP contribution in [0, 0.1) is 39.2 Å². The van der Waals surface area contributed by atoms with Crippen molar-refractivity contribution in [1.29, 1.82) is 0 Å². The molecular formula is C43H42N4OPt-2. The Balaban J connectivity index is 0.00000417. The average Bonchev–Trinajstić information content (AvgIpc) is 3.63. The van der Waals surface area contributed by atoms with Gasteiger partial charge >= 0.3 is 0 Å². The van der Waals surface area contributed by atoms with Gasteiger partial charge in [0.05, 0.1) is 11.4 Å². The third-order valence-corrected chi connectivity index (χ3v) is 9.15. The molecule has 0 saturated heterocycles. The summed E-state index contributed by atoms with van der Waals surface area (Å²) in [5.41, 5.74) is 9.94. The summed E-state index contributed by atoms with van der Waals surface area (Å²) >= 11 is 0. The number of aromatic nitrogens is 4. The Morgan fingerprint density at radius 3 is 2.20 bits per heavy atom. The molecule has 0 unspecified atom stereocenters. The second-order valence-electron chi connectivity index (χ2n) is 14.9. The van der Waals surface area contributed by atoms with Gasteiger partial charge in [-0.3, -0.25) is 4.57 Å². The molecule has 0 spiro atoms. The number of rotatable bonds is 5. The van der Waals surface area contributed by atoms with Gasteiger partial charge < -0.3 is 13.9 Å². The topological polar surface area (TPSA) is 35.9 Å². The van der Waals surface area contributed by atoms with E-state index in [0.29, 0.717) is 11.5 Å². The van der Waals surface area contributed by atoms with Crippen molar-refractivity contribution in [2.24, 2.45) is 0 Å². The Hall–Kier alpha value is -4.47. The Bertz CT molecular complexity index is 2330. The molecule has 3 aromatic heterocycles. The molecule has 0 aliphatic heterocycles. The normalized spacial score (nSPS) is 12.0. The zero-order valence-corrected chi connectivity index (χ0v) is 31.9. The molecule has 6 heteroatoms. The van der Waals surface area contributed by atoms with Crippen LogP contribution in [0.4, 0.5) is 0 Å². The number of ether oxygens (including phenoxy) is 1. The van der Waals surface area contributed by atoms with Gasteiger partial charge in [0.25, 0.3) is 6.33 Å². The van der Waals surface area contributed by atoms with Crippen LogP contribution < -0.4 is 9.30 Å². The van der Waals surface area contributed by atoms with E-state index in [9.17, 15) is 0 Å². The van der Waals surface area contributed by atoms with Crippen LogP contribution in [0.25, 0.3) is 39.0 Å². The maximum absolute atomic E-state index is 6.50. The molecule has 5 nitrogen and oxygen atoms in total. The zero-order chi connectivity index (χ0) is 34.0. The van der Waals surface area contributed by atoms with Gasteiger partial charge in [-0.2, -0.15) is 18.2 Å². The summed E-state index contributed by atoms with van der Waals surface area (Å²) in [5, 5.41) is 2.25. The largest absolute Gasteiger partial charge is 0.510 e. The standard InChI is InChI=1S/C43H42N4O.Pt/c1-28-21-30(3)38(22-29(28)2)45-26-40(43(7,8)9)46(27-45)32-13-12-14-33(24-32)48-34-17-18-36-35-15-10-11-16-37(35)47(39(36)25-34)41-23-31(19-20-44-41)42(4,5)6;/h10-23,26H,1-9H3;/q-2;. The van der Waals surface area contributed by atoms with Crippen molar-refractivity contribution in [3.8, 4) is 28.7 Å². The molecule has 49 heavy (non-hydrogen) atoms. The second kappa shape index (κ2) is 12.8. The number of para-hydroxylation sites is 1. The van der Waals surface area contributed by atoms with Crippen molar-refractivity contribution in [3.63, 3.8) is 0 Å². The molecule has 7 rings (SSSR count). The third kappa shape index (κ3) is 6.49. The first-order chi connectivity index (χ1) is 22.8. The van der Waals surface area contributed by atoms with Gasteiger partial charge in [-0.1, -0.05) is 76.9 Å². The van der Waals surface area contributed by atoms with Crippen LogP contribution in [0.5, 0.6) is 11.5 Å². The quantitative estimate of drug-likeness (QED) is 0.128. The fourth-order valence-corrected chi connectivity index (χ4v) is 6.33. The zero-order valence-electron chi connectivity index (χ0n) is 29.7. The number of benzene rings is 4. The Labute approximate surface area is 304 Å². The minimum Gasteiger partial charge on any atom is -0.510 e. The van der Waals surface area contributed by atoms with E-state index >= 15 is 0 Å². The van der Waals surface area contributed by atoms with Crippen molar-refractivity contribution >= 4 is 21.8 Å². The van der Waals surface area contributed by atoms with Gasteiger partial charge in [-0.05, 0) is 83.6 Å². The van der Waals surface area contributed by atoms with E-state index in [4.69, 9.17) is 9.72 Å². The van der Waals surface area contributed by atoms with Gasteiger partial charge in [0, 0.05) is 50.5 Å². The summed E-state index contributed by atoms with van der Waals surface area (Å²) in [6.07, 6.45) is 7.69. The Morgan fingerprint density at radius 2 is 1.45 bits per heavy atom. The van der Waals surface area contributed by atoms with Crippen LogP contribution in [0.3, 0.4) is 0 Å². The van der Waals surface area contributed by atoms with Crippen molar-refractivity contribution in [1.82, 2.24) is 14.1 Å². The minimum atomic E-state index is -0.134. The van der Waals surface area contributed by atoms with Crippen LogP contribution in [-0.2, 0) is 31.9 Å². The molecule has 0 radical (unpaired) electrons. The average molecular weight is 826 g/mol. The number of nitrogens with zero attached hydrogens (tertiary/aromatic N) is 4. The number of hydrogen-bond acceptors (Lipinski definition) is 2. The molecule has 0 amide bonds. The molecule has 4 aromatic carbocycles. The summed E-state index contributed by atoms with van der Waals surface area (Å²) in [6.45, 7) is 19.8. The van der Waals surface area contributed by atoms with E-state index in [0.717, 1.165) is 44.7 Å². The molecule has 7 aromatic rings. The number of pyridine rings is 1. The second-order valence-corrected chi connectivity index (χ2v) is 14.9. The van der Waals surface area contributed by atoms with Crippen LogP contribution in [-0.4, -0.2) is 14.1 Å². The molecule has 0 bridgehead atoms. The summed E-state index contributed by atoms with van der Waals surface area (Å²) in [5.74, 6) is 2.08. The van der Waals surface area contributed by atoms with E-state index < -0.39 is 0 Å². The fourth-order valence-electron chi connectivity index (χ4n) is 6.33. The summed E-state index contributed by atoms with van der Waals surface area (Å²) in [7, 11) is 0. The SMILES string of the molecule is Cc1cc(C)c(-[n+]2[c-]n(-c3[c-]c(Oc4[c-]c5c(cc4)c4ccccc4n5-c4cc(C(C)(C)C)ccn4)ccc3)c(C(C)(C)C)c2)cc1C.[Pt]. The summed E-state index contributed by atoms with van der Waals surface area (Å²) < 4.78 is 12.9. The maximum atomic E-state index is 6.50. The minimum absolute atomic E-state index is 0. The molecule has 252 valence electrons. The maximum Gasteiger partial charge on any atom is 0.267 e. The molecule has 0 atom stereocenters. The van der Waals surface area contributed by atoms with Crippen molar-refractivity contribution in [3.05, 3.63) is 138 Å². The first-order valence-corrected chi connectivity index (χ1v) is 16.6. The molecule has 0 aliphatic carbocycles. The van der Waals surface area contributed by atoms with Gasteiger partial charge in [-0.25, -0.2) is 4.98 Å². The number of aryl methyl sites for hydroxylation is 3. The van der Waals surface area contributed by atoms with Gasteiger partial charge in [0.1, 0.15) is 5.82 Å². The molecular weight excluding hydrogens is 784 g/mol. The fraction of sp³-hybridized carbons (Fsp3) is 0.256. The van der Waals surface area contributed by atoms with Gasteiger partial charge in [-0.15, -0.1) is 29.7 Å². The Morgan fingerprint density at radius 1 is 0.714 bits per heavy atom. The van der Waals surface area contributed by atoms with Crippen LogP contribution in [0.15, 0.2) is 91.3 Å². The molecule has 0 saturated carbocycles. The van der Waals surface area contributed by atoms with Crippen molar-refractivity contribution in [2.75, 3.05) is 0 Å². The number of imidazole rings is 1. The van der Waals surface area contributed by atoms with Crippen LogP contribution >= 0.6 is 0 Å². The first-order valence-electron chi connectivity index (χ1n) is 16.6. The Kier molecular flexibility index (Phi) is 8.96. The smallest absolute Gasteiger partial charge is 0.267 e. The predicted molar refractivity (Wildman–Crippen MR) is 194 cm³/mol. The predicted octanol–water partition coefficient (Wildman–Crippen LogP) is 9.96. The van der Waals surface area contributed by atoms with Crippen molar-refractivity contribution < 1.29 is 30.4 Å². The number of hydrogen-bond donors (Lipinski definition) is 0. The van der Waals surface area contributed by atoms with Crippen molar-refractivity contribution in [2.45, 2.75) is 73.1 Å². The van der Waals surface area contributed by atoms with Gasteiger partial charge in [0.2, 0.25) is 0 Å². The van der Waals surface area contributed by atoms with E-state index in [-0.39, 0.29) is 31.9 Å². The van der Waals surface area contributed by atoms with Crippen LogP contribution in [0.1, 0.15) is 69.5 Å². The molecule has 3 heterocycles. The molecule has 0 fully saturated rings. The van der Waals surface area contributed by atoms with Crippen LogP contribution in [0.2, 0.25) is 0 Å². The molecule has 0 N–H and O–H groups in total. The third-order valence-electron chi connectivity index (χ3n) is 9.15. The van der Waals surface area contributed by atoms with Gasteiger partial charge in [0.15, 0.2) is 0 Å². The van der Waals surface area contributed by atoms with E-state index in [1.807, 2.05) is 24.4 Å². The van der Waals surface area contributed by atoms with E-state index in [1.165, 1.54) is 22.3 Å². The number of fused-ring (bicyclic) bond motifs is 3. The summed E-state index contributed by atoms with van der Waals surface area (Å²) in [4.78, 5) is 4.81. The monoisotopic (exact) mass is 825 g/mol. The molecule has 0 aliphatic rings. The van der Waals surface area contributed by atoms with E-state index in [1.54, 1.807) is 0 Å². The van der Waals surface area contributed by atoms with E-state index in [2.05, 4.69) is 161 Å². The summed E-state index contributed by atoms with van der Waals surface area (Å²) in [6, 6.07) is 34.4.